The van der Waals surface area contributed by atoms with E-state index >= 15 is 0 Å². The van der Waals surface area contributed by atoms with Gasteiger partial charge in [-0.3, -0.25) is 9.59 Å². The monoisotopic (exact) mass is 394 g/mol. The summed E-state index contributed by atoms with van der Waals surface area (Å²) < 4.78 is 0. The summed E-state index contributed by atoms with van der Waals surface area (Å²) in [6.07, 6.45) is 6.04. The van der Waals surface area contributed by atoms with Crippen molar-refractivity contribution < 1.29 is 9.59 Å². The minimum absolute atomic E-state index is 0.103. The Bertz CT molecular complexity index is 820. The van der Waals surface area contributed by atoms with Crippen LogP contribution in [-0.2, 0) is 20.4 Å². The smallest absolute Gasteiger partial charge is 0.225 e. The van der Waals surface area contributed by atoms with E-state index in [0.29, 0.717) is 29.6 Å². The highest BCUT2D eigenvalue weighted by molar-refractivity contribution is 5.82. The Kier molecular flexibility index (Phi) is 4.34. The lowest BCUT2D eigenvalue weighted by Crippen LogP contribution is -2.50. The van der Waals surface area contributed by atoms with Crippen molar-refractivity contribution in [2.45, 2.75) is 76.2 Å². The highest BCUT2D eigenvalue weighted by Gasteiger charge is 2.62. The summed E-state index contributed by atoms with van der Waals surface area (Å²) in [5.41, 5.74) is 3.54. The molecule has 4 nitrogen and oxygen atoms in total. The molecule has 156 valence electrons. The van der Waals surface area contributed by atoms with Crippen molar-refractivity contribution >= 4 is 11.8 Å². The topological polar surface area (TPSA) is 49.4 Å². The molecule has 0 radical (unpaired) electrons. The number of rotatable bonds is 6. The van der Waals surface area contributed by atoms with Crippen molar-refractivity contribution in [3.63, 3.8) is 0 Å². The third-order valence-electron chi connectivity index (χ3n) is 8.06. The summed E-state index contributed by atoms with van der Waals surface area (Å²) in [5.74, 6) is 1.55. The molecule has 0 aromatic heterocycles. The van der Waals surface area contributed by atoms with E-state index in [-0.39, 0.29) is 23.3 Å². The summed E-state index contributed by atoms with van der Waals surface area (Å²) in [6, 6.07) is 9.51. The van der Waals surface area contributed by atoms with E-state index in [9.17, 15) is 9.59 Å². The number of amides is 2. The van der Waals surface area contributed by atoms with Crippen LogP contribution in [0.3, 0.4) is 0 Å². The van der Waals surface area contributed by atoms with Gasteiger partial charge in [0.2, 0.25) is 11.8 Å². The summed E-state index contributed by atoms with van der Waals surface area (Å²) in [6.45, 7) is 8.27. The van der Waals surface area contributed by atoms with Crippen LogP contribution in [0.25, 0.3) is 0 Å². The van der Waals surface area contributed by atoms with Crippen molar-refractivity contribution in [1.29, 1.82) is 0 Å². The normalized spacial score (nSPS) is 33.8. The molecule has 1 heterocycles. The number of nitrogens with one attached hydrogen (secondary N) is 1. The van der Waals surface area contributed by atoms with Crippen molar-refractivity contribution in [2.24, 2.45) is 17.8 Å². The van der Waals surface area contributed by atoms with Crippen LogP contribution < -0.4 is 5.32 Å². The second-order valence-electron chi connectivity index (χ2n) is 10.9. The minimum Gasteiger partial charge on any atom is -0.353 e. The molecule has 3 saturated carbocycles. The van der Waals surface area contributed by atoms with Gasteiger partial charge in [-0.15, -0.1) is 0 Å². The molecule has 3 aliphatic carbocycles. The van der Waals surface area contributed by atoms with Gasteiger partial charge in [0.15, 0.2) is 0 Å². The zero-order chi connectivity index (χ0) is 20.4. The SMILES string of the molecule is CC(C)CC(=O)N[C@H]1C[C@@H](C(=O)N2CC3CC3(c3ccc(C4(C)CC4)cc3)C2)C1. The van der Waals surface area contributed by atoms with E-state index < -0.39 is 0 Å². The van der Waals surface area contributed by atoms with E-state index in [1.165, 1.54) is 30.4 Å². The van der Waals surface area contributed by atoms with Gasteiger partial charge in [0, 0.05) is 36.9 Å². The lowest BCUT2D eigenvalue weighted by atomic mass is 9.79. The van der Waals surface area contributed by atoms with E-state index in [4.69, 9.17) is 0 Å². The number of fused-ring (bicyclic) bond motifs is 1. The summed E-state index contributed by atoms with van der Waals surface area (Å²) >= 11 is 0. The molecule has 1 aliphatic heterocycles. The van der Waals surface area contributed by atoms with Gasteiger partial charge in [-0.1, -0.05) is 45.0 Å². The van der Waals surface area contributed by atoms with Crippen molar-refractivity contribution in [1.82, 2.24) is 10.2 Å². The Morgan fingerprint density at radius 2 is 1.79 bits per heavy atom. The van der Waals surface area contributed by atoms with E-state index in [1.54, 1.807) is 0 Å². The largest absolute Gasteiger partial charge is 0.353 e. The van der Waals surface area contributed by atoms with Crippen LogP contribution in [0, 0.1) is 17.8 Å². The Hall–Kier alpha value is -1.84. The Morgan fingerprint density at radius 1 is 1.14 bits per heavy atom. The first-order valence-electron chi connectivity index (χ1n) is 11.5. The zero-order valence-electron chi connectivity index (χ0n) is 18.0. The molecule has 2 atom stereocenters. The van der Waals surface area contributed by atoms with Gasteiger partial charge >= 0.3 is 0 Å². The molecule has 4 heteroatoms. The van der Waals surface area contributed by atoms with Crippen molar-refractivity contribution in [3.05, 3.63) is 35.4 Å². The van der Waals surface area contributed by atoms with Gasteiger partial charge in [-0.2, -0.15) is 0 Å². The maximum Gasteiger partial charge on any atom is 0.225 e. The van der Waals surface area contributed by atoms with Gasteiger partial charge in [0.05, 0.1) is 0 Å². The molecule has 29 heavy (non-hydrogen) atoms. The average Bonchev–Trinajstić information content (AvgIpc) is 3.53. The zero-order valence-corrected chi connectivity index (χ0v) is 18.0. The van der Waals surface area contributed by atoms with Gasteiger partial charge in [-0.25, -0.2) is 0 Å². The first kappa shape index (κ1) is 19.1. The molecule has 1 saturated heterocycles. The molecule has 5 rings (SSSR count). The molecule has 1 N–H and O–H groups in total. The Morgan fingerprint density at radius 3 is 2.41 bits per heavy atom. The maximum absolute atomic E-state index is 13.0. The molecule has 2 amide bonds. The highest BCUT2D eigenvalue weighted by atomic mass is 16.2. The number of carbonyl (C=O) groups is 2. The number of likely N-dealkylation sites (tertiary alicyclic amines) is 1. The Labute approximate surface area is 174 Å². The van der Waals surface area contributed by atoms with Crippen LogP contribution in [0.5, 0.6) is 0 Å². The van der Waals surface area contributed by atoms with Gasteiger partial charge in [0.1, 0.15) is 0 Å². The standard InChI is InChI=1S/C25H34N2O2/c1-16(2)10-22(28)26-21-11-17(12-21)23(29)27-14-20-13-25(20,15-27)19-6-4-18(5-7-19)24(3)8-9-24/h4-7,16-17,20-21H,8-15H2,1-3H3,(H,26,28)/t17-,20?,21+,25?. The summed E-state index contributed by atoms with van der Waals surface area (Å²) in [7, 11) is 0. The van der Waals surface area contributed by atoms with Crippen LogP contribution in [0.4, 0.5) is 0 Å². The van der Waals surface area contributed by atoms with Gasteiger partial charge in [-0.05, 0) is 60.5 Å². The summed E-state index contributed by atoms with van der Waals surface area (Å²) in [5, 5.41) is 3.09. The fourth-order valence-electron chi connectivity index (χ4n) is 5.63. The molecular formula is C25H34N2O2. The molecule has 0 bridgehead atoms. The van der Waals surface area contributed by atoms with E-state index in [0.717, 1.165) is 25.9 Å². The first-order valence-corrected chi connectivity index (χ1v) is 11.5. The Balaban J connectivity index is 1.15. The van der Waals surface area contributed by atoms with Crippen LogP contribution in [-0.4, -0.2) is 35.8 Å². The molecule has 4 aliphatic rings. The predicted octanol–water partition coefficient (Wildman–Crippen LogP) is 3.78. The number of piperidine rings is 1. The quantitative estimate of drug-likeness (QED) is 0.798. The van der Waals surface area contributed by atoms with Crippen LogP contribution >= 0.6 is 0 Å². The van der Waals surface area contributed by atoms with Crippen LogP contribution in [0.1, 0.15) is 70.4 Å². The number of hydrogen-bond acceptors (Lipinski definition) is 2. The molecule has 0 spiro atoms. The number of carbonyl (C=O) groups excluding carboxylic acids is 2. The van der Waals surface area contributed by atoms with E-state index in [1.807, 2.05) is 0 Å². The van der Waals surface area contributed by atoms with Crippen molar-refractivity contribution in [2.75, 3.05) is 13.1 Å². The fraction of sp³-hybridized carbons (Fsp3) is 0.680. The molecular weight excluding hydrogens is 360 g/mol. The number of hydrogen-bond donors (Lipinski definition) is 1. The maximum atomic E-state index is 13.0. The number of benzene rings is 1. The third kappa shape index (κ3) is 3.39. The number of nitrogens with zero attached hydrogens (tertiary/aromatic N) is 1. The first-order chi connectivity index (χ1) is 13.8. The molecule has 1 aromatic carbocycles. The molecule has 1 aromatic rings. The predicted molar refractivity (Wildman–Crippen MR) is 114 cm³/mol. The van der Waals surface area contributed by atoms with E-state index in [2.05, 4.69) is 55.3 Å². The fourth-order valence-corrected chi connectivity index (χ4v) is 5.63. The lowest BCUT2D eigenvalue weighted by molar-refractivity contribution is -0.139. The second kappa shape index (κ2) is 6.58. The van der Waals surface area contributed by atoms with Crippen LogP contribution in [0.2, 0.25) is 0 Å². The third-order valence-corrected chi connectivity index (χ3v) is 8.06. The molecule has 2 unspecified atom stereocenters. The minimum atomic E-state index is 0.103. The van der Waals surface area contributed by atoms with Crippen molar-refractivity contribution in [3.8, 4) is 0 Å². The van der Waals surface area contributed by atoms with Gasteiger partial charge in [0.25, 0.3) is 0 Å². The molecule has 4 fully saturated rings. The second-order valence-corrected chi connectivity index (χ2v) is 10.9. The average molecular weight is 395 g/mol. The summed E-state index contributed by atoms with van der Waals surface area (Å²) in [4.78, 5) is 27.0. The lowest BCUT2D eigenvalue weighted by Gasteiger charge is -2.37. The van der Waals surface area contributed by atoms with Gasteiger partial charge < -0.3 is 10.2 Å². The highest BCUT2D eigenvalue weighted by Crippen LogP contribution is 2.59. The van der Waals surface area contributed by atoms with Crippen LogP contribution in [0.15, 0.2) is 24.3 Å².